The highest BCUT2D eigenvalue weighted by Crippen LogP contribution is 2.29. The molecule has 0 saturated heterocycles. The predicted octanol–water partition coefficient (Wildman–Crippen LogP) is 3.85. The van der Waals surface area contributed by atoms with E-state index in [9.17, 15) is 13.2 Å². The van der Waals surface area contributed by atoms with Crippen LogP contribution < -0.4 is 19.5 Å². The maximum Gasteiger partial charge on any atom is 0.242 e. The van der Waals surface area contributed by atoms with Gasteiger partial charge in [-0.2, -0.15) is 4.72 Å². The number of carbonyl (C=O) groups is 1. The summed E-state index contributed by atoms with van der Waals surface area (Å²) >= 11 is 0. The Labute approximate surface area is 194 Å². The first-order valence-electron chi connectivity index (χ1n) is 10.4. The van der Waals surface area contributed by atoms with E-state index in [4.69, 9.17) is 9.47 Å². The molecule has 0 bridgehead atoms. The third kappa shape index (κ3) is 6.12. The van der Waals surface area contributed by atoms with Crippen LogP contribution in [0, 0.1) is 13.8 Å². The fraction of sp³-hybridized carbons (Fsp3) is 0.240. The van der Waals surface area contributed by atoms with Crippen LogP contribution in [0.15, 0.2) is 71.6 Å². The molecule has 3 rings (SSSR count). The third-order valence-electron chi connectivity index (χ3n) is 5.21. The van der Waals surface area contributed by atoms with Gasteiger partial charge in [0.1, 0.15) is 6.04 Å². The summed E-state index contributed by atoms with van der Waals surface area (Å²) in [5.74, 6) is 0.237. The van der Waals surface area contributed by atoms with Crippen molar-refractivity contribution in [2.45, 2.75) is 31.2 Å². The van der Waals surface area contributed by atoms with Gasteiger partial charge in [0.25, 0.3) is 0 Å². The molecule has 3 aromatic rings. The summed E-state index contributed by atoms with van der Waals surface area (Å²) in [6.45, 7) is 3.81. The average Bonchev–Trinajstić information content (AvgIpc) is 2.81. The minimum atomic E-state index is -4.04. The zero-order chi connectivity index (χ0) is 24.0. The number of nitrogens with one attached hydrogen (secondary N) is 2. The second kappa shape index (κ2) is 10.5. The first-order chi connectivity index (χ1) is 15.7. The highest BCUT2D eigenvalue weighted by molar-refractivity contribution is 7.89. The molecule has 1 unspecified atom stereocenters. The van der Waals surface area contributed by atoms with Crippen LogP contribution in [0.4, 0.5) is 5.69 Å². The normalized spacial score (nSPS) is 12.1. The van der Waals surface area contributed by atoms with Crippen LogP contribution in [0.5, 0.6) is 11.5 Å². The van der Waals surface area contributed by atoms with Gasteiger partial charge in [-0.1, -0.05) is 42.5 Å². The first kappa shape index (κ1) is 24.3. The summed E-state index contributed by atoms with van der Waals surface area (Å²) in [4.78, 5) is 13.2. The van der Waals surface area contributed by atoms with E-state index in [1.807, 2.05) is 62.4 Å². The standard InChI is InChI=1S/C25H28N2O5S/c1-17-10-11-18(2)21(14-17)26-25(28)22(15-19-8-6-5-7-9-19)27-33(29,30)20-12-13-23(31-3)24(16-20)32-4/h5-14,16,22,27H,15H2,1-4H3,(H,26,28). The summed E-state index contributed by atoms with van der Waals surface area (Å²) < 4.78 is 39.4. The van der Waals surface area contributed by atoms with Gasteiger partial charge in [-0.15, -0.1) is 0 Å². The Morgan fingerprint density at radius 2 is 1.61 bits per heavy atom. The second-order valence-corrected chi connectivity index (χ2v) is 9.40. The summed E-state index contributed by atoms with van der Waals surface area (Å²) in [5, 5.41) is 2.88. The maximum absolute atomic E-state index is 13.2. The fourth-order valence-corrected chi connectivity index (χ4v) is 4.58. The van der Waals surface area contributed by atoms with Gasteiger partial charge in [-0.3, -0.25) is 4.79 Å². The summed E-state index contributed by atoms with van der Waals surface area (Å²) in [6, 6.07) is 18.2. The van der Waals surface area contributed by atoms with Gasteiger partial charge >= 0.3 is 0 Å². The molecule has 0 aliphatic heterocycles. The van der Waals surface area contributed by atoms with Crippen LogP contribution in [0.25, 0.3) is 0 Å². The van der Waals surface area contributed by atoms with Gasteiger partial charge in [0.15, 0.2) is 11.5 Å². The van der Waals surface area contributed by atoms with Crippen molar-refractivity contribution in [2.75, 3.05) is 19.5 Å². The molecule has 33 heavy (non-hydrogen) atoms. The summed E-state index contributed by atoms with van der Waals surface area (Å²) in [7, 11) is -1.14. The lowest BCUT2D eigenvalue weighted by Gasteiger charge is -2.20. The van der Waals surface area contributed by atoms with E-state index in [2.05, 4.69) is 10.0 Å². The third-order valence-corrected chi connectivity index (χ3v) is 6.68. The minimum Gasteiger partial charge on any atom is -0.493 e. The molecule has 0 aliphatic rings. The van der Waals surface area contributed by atoms with E-state index in [0.717, 1.165) is 16.7 Å². The second-order valence-electron chi connectivity index (χ2n) is 7.69. The summed E-state index contributed by atoms with van der Waals surface area (Å²) in [5.41, 5.74) is 3.34. The SMILES string of the molecule is COc1ccc(S(=O)(=O)NC(Cc2ccccc2)C(=O)Nc2cc(C)ccc2C)cc1OC. The number of aryl methyl sites for hydroxylation is 2. The van der Waals surface area contributed by atoms with E-state index >= 15 is 0 Å². The number of methoxy groups -OCH3 is 2. The molecule has 0 heterocycles. The van der Waals surface area contributed by atoms with E-state index in [1.54, 1.807) is 0 Å². The Balaban J connectivity index is 1.92. The number of carbonyl (C=O) groups excluding carboxylic acids is 1. The predicted molar refractivity (Wildman–Crippen MR) is 128 cm³/mol. The molecule has 1 amide bonds. The Kier molecular flexibility index (Phi) is 7.73. The van der Waals surface area contributed by atoms with Gasteiger partial charge < -0.3 is 14.8 Å². The first-order valence-corrected chi connectivity index (χ1v) is 11.9. The number of ether oxygens (including phenoxy) is 2. The molecule has 0 aromatic heterocycles. The lowest BCUT2D eigenvalue weighted by atomic mass is 10.1. The van der Waals surface area contributed by atoms with Gasteiger partial charge in [-0.05, 0) is 55.2 Å². The molecule has 0 fully saturated rings. The number of rotatable bonds is 9. The van der Waals surface area contributed by atoms with Crippen molar-refractivity contribution in [1.29, 1.82) is 0 Å². The molecule has 3 aromatic carbocycles. The van der Waals surface area contributed by atoms with E-state index in [0.29, 0.717) is 11.4 Å². The average molecular weight is 469 g/mol. The van der Waals surface area contributed by atoms with E-state index in [-0.39, 0.29) is 17.1 Å². The minimum absolute atomic E-state index is 0.0299. The van der Waals surface area contributed by atoms with Crippen LogP contribution in [0.2, 0.25) is 0 Å². The van der Waals surface area contributed by atoms with E-state index < -0.39 is 22.0 Å². The molecule has 7 nitrogen and oxygen atoms in total. The van der Waals surface area contributed by atoms with Gasteiger partial charge in [-0.25, -0.2) is 8.42 Å². The topological polar surface area (TPSA) is 93.7 Å². The lowest BCUT2D eigenvalue weighted by molar-refractivity contribution is -0.117. The van der Waals surface area contributed by atoms with Gasteiger partial charge in [0, 0.05) is 11.8 Å². The Hall–Kier alpha value is -3.36. The molecule has 2 N–H and O–H groups in total. The molecule has 0 saturated carbocycles. The lowest BCUT2D eigenvalue weighted by Crippen LogP contribution is -2.45. The van der Waals surface area contributed by atoms with Crippen LogP contribution >= 0.6 is 0 Å². The Morgan fingerprint density at radius 1 is 0.909 bits per heavy atom. The van der Waals surface area contributed by atoms with E-state index in [1.165, 1.54) is 32.4 Å². The van der Waals surface area contributed by atoms with Crippen LogP contribution in [0.1, 0.15) is 16.7 Å². The summed E-state index contributed by atoms with van der Waals surface area (Å²) in [6.07, 6.45) is 0.185. The number of sulfonamides is 1. The van der Waals surface area contributed by atoms with Gasteiger partial charge in [0.2, 0.25) is 15.9 Å². The van der Waals surface area contributed by atoms with Crippen molar-refractivity contribution >= 4 is 21.6 Å². The van der Waals surface area contributed by atoms with Crippen molar-refractivity contribution in [1.82, 2.24) is 4.72 Å². The monoisotopic (exact) mass is 468 g/mol. The van der Waals surface area contributed by atoms with Crippen molar-refractivity contribution < 1.29 is 22.7 Å². The van der Waals surface area contributed by atoms with Gasteiger partial charge in [0.05, 0.1) is 19.1 Å². The van der Waals surface area contributed by atoms with Crippen LogP contribution in [0.3, 0.4) is 0 Å². The molecule has 174 valence electrons. The van der Waals surface area contributed by atoms with Crippen molar-refractivity contribution in [3.8, 4) is 11.5 Å². The number of hydrogen-bond acceptors (Lipinski definition) is 5. The Morgan fingerprint density at radius 3 is 2.27 bits per heavy atom. The Bertz CT molecular complexity index is 1230. The molecular formula is C25H28N2O5S. The molecule has 8 heteroatoms. The number of hydrogen-bond donors (Lipinski definition) is 2. The van der Waals surface area contributed by atoms with Crippen molar-refractivity contribution in [2.24, 2.45) is 0 Å². The fourth-order valence-electron chi connectivity index (χ4n) is 3.37. The quantitative estimate of drug-likeness (QED) is 0.498. The molecular weight excluding hydrogens is 440 g/mol. The molecule has 0 aliphatic carbocycles. The zero-order valence-electron chi connectivity index (χ0n) is 19.1. The largest absolute Gasteiger partial charge is 0.493 e. The molecule has 0 spiro atoms. The molecule has 1 atom stereocenters. The van der Waals surface area contributed by atoms with Crippen molar-refractivity contribution in [3.63, 3.8) is 0 Å². The zero-order valence-corrected chi connectivity index (χ0v) is 19.9. The van der Waals surface area contributed by atoms with Crippen molar-refractivity contribution in [3.05, 3.63) is 83.4 Å². The van der Waals surface area contributed by atoms with Crippen LogP contribution in [-0.2, 0) is 21.2 Å². The maximum atomic E-state index is 13.2. The van der Waals surface area contributed by atoms with Crippen LogP contribution in [-0.4, -0.2) is 34.6 Å². The number of amides is 1. The highest BCUT2D eigenvalue weighted by atomic mass is 32.2. The molecule has 0 radical (unpaired) electrons. The number of benzene rings is 3. The number of anilines is 1. The smallest absolute Gasteiger partial charge is 0.242 e. The highest BCUT2D eigenvalue weighted by Gasteiger charge is 2.27.